The summed E-state index contributed by atoms with van der Waals surface area (Å²) in [7, 11) is -2.41. The normalized spacial score (nSPS) is 17.3. The Morgan fingerprint density at radius 2 is 1.85 bits per heavy atom. The Kier molecular flexibility index (Phi) is 6.92. The molecule has 0 spiro atoms. The van der Waals surface area contributed by atoms with E-state index in [1.165, 1.54) is 19.2 Å². The molecule has 1 fully saturated rings. The molecule has 1 heterocycles. The molecule has 1 atom stereocenters. The summed E-state index contributed by atoms with van der Waals surface area (Å²) in [6.45, 7) is 1.25. The van der Waals surface area contributed by atoms with E-state index in [0.29, 0.717) is 12.8 Å². The van der Waals surface area contributed by atoms with Gasteiger partial charge in [-0.1, -0.05) is 17.7 Å². The van der Waals surface area contributed by atoms with Crippen LogP contribution in [-0.2, 0) is 29.1 Å². The van der Waals surface area contributed by atoms with Crippen molar-refractivity contribution in [2.24, 2.45) is 0 Å². The lowest BCUT2D eigenvalue weighted by Crippen LogP contribution is -2.43. The number of carbonyl (C=O) groups excluding carboxylic acids is 3. The molecular formula is C17H23N3O6S. The number of sulfonamides is 1. The predicted molar refractivity (Wildman–Crippen MR) is 96.1 cm³/mol. The topological polar surface area (TPSA) is 122 Å². The minimum atomic E-state index is -3.83. The highest BCUT2D eigenvalue weighted by Gasteiger charge is 2.40. The molecule has 9 nitrogen and oxygen atoms in total. The number of likely N-dealkylation sites (N-methyl/N-ethyl adjacent to an activating group) is 1. The van der Waals surface area contributed by atoms with E-state index in [-0.39, 0.29) is 23.9 Å². The van der Waals surface area contributed by atoms with Crippen LogP contribution in [0.25, 0.3) is 0 Å². The van der Waals surface area contributed by atoms with Gasteiger partial charge in [0.05, 0.1) is 11.4 Å². The molecule has 148 valence electrons. The van der Waals surface area contributed by atoms with Gasteiger partial charge in [-0.15, -0.1) is 0 Å². The lowest BCUT2D eigenvalue weighted by Gasteiger charge is -2.22. The van der Waals surface area contributed by atoms with Crippen molar-refractivity contribution < 1.29 is 27.5 Å². The lowest BCUT2D eigenvalue weighted by molar-refractivity contribution is -0.151. The monoisotopic (exact) mass is 397 g/mol. The number of aryl methyl sites for hydroxylation is 1. The second-order valence-corrected chi connectivity index (χ2v) is 8.04. The number of ether oxygens (including phenoxy) is 1. The van der Waals surface area contributed by atoms with Crippen LogP contribution in [0.1, 0.15) is 18.4 Å². The lowest BCUT2D eigenvalue weighted by atomic mass is 10.2. The van der Waals surface area contributed by atoms with E-state index in [0.717, 1.165) is 9.87 Å². The molecule has 0 bridgehead atoms. The minimum absolute atomic E-state index is 0.108. The maximum Gasteiger partial charge on any atom is 0.324 e. The summed E-state index contributed by atoms with van der Waals surface area (Å²) in [5, 5.41) is 4.63. The van der Waals surface area contributed by atoms with Crippen molar-refractivity contribution in [3.05, 3.63) is 29.8 Å². The zero-order valence-electron chi connectivity index (χ0n) is 15.2. The van der Waals surface area contributed by atoms with Gasteiger partial charge in [0.15, 0.2) is 6.61 Å². The van der Waals surface area contributed by atoms with Crippen molar-refractivity contribution in [2.45, 2.75) is 30.7 Å². The molecule has 2 rings (SSSR count). The third kappa shape index (κ3) is 5.27. The smallest absolute Gasteiger partial charge is 0.324 e. The van der Waals surface area contributed by atoms with Crippen molar-refractivity contribution in [1.29, 1.82) is 0 Å². The van der Waals surface area contributed by atoms with Crippen LogP contribution in [0, 0.1) is 6.92 Å². The number of amides is 2. The van der Waals surface area contributed by atoms with E-state index in [1.807, 2.05) is 6.92 Å². The van der Waals surface area contributed by atoms with Crippen molar-refractivity contribution in [3.63, 3.8) is 0 Å². The molecule has 0 aromatic heterocycles. The molecule has 1 aromatic carbocycles. The van der Waals surface area contributed by atoms with Crippen LogP contribution in [0.3, 0.4) is 0 Å². The van der Waals surface area contributed by atoms with Crippen molar-refractivity contribution >= 4 is 27.8 Å². The van der Waals surface area contributed by atoms with Gasteiger partial charge >= 0.3 is 5.97 Å². The molecule has 1 aliphatic rings. The molecule has 2 amide bonds. The van der Waals surface area contributed by atoms with Gasteiger partial charge in [-0.2, -0.15) is 4.31 Å². The SMILES string of the molecule is CNC(=O)CNC(=O)COC(=O)[C@@H]1CCCN1S(=O)(=O)c1ccc(C)cc1. The quantitative estimate of drug-likeness (QED) is 0.601. The van der Waals surface area contributed by atoms with Crippen molar-refractivity contribution in [3.8, 4) is 0 Å². The zero-order valence-corrected chi connectivity index (χ0v) is 16.0. The number of nitrogens with zero attached hydrogens (tertiary/aromatic N) is 1. The Morgan fingerprint density at radius 1 is 1.19 bits per heavy atom. The second kappa shape index (κ2) is 8.96. The molecule has 1 saturated heterocycles. The van der Waals surface area contributed by atoms with Gasteiger partial charge in [0.1, 0.15) is 6.04 Å². The third-order valence-electron chi connectivity index (χ3n) is 4.17. The highest BCUT2D eigenvalue weighted by molar-refractivity contribution is 7.89. The Bertz CT molecular complexity index is 806. The number of hydrogen-bond donors (Lipinski definition) is 2. The molecular weight excluding hydrogens is 374 g/mol. The summed E-state index contributed by atoms with van der Waals surface area (Å²) in [5.74, 6) is -1.81. The summed E-state index contributed by atoms with van der Waals surface area (Å²) < 4.78 is 31.7. The fourth-order valence-electron chi connectivity index (χ4n) is 2.66. The standard InChI is InChI=1S/C17H23N3O6S/c1-12-5-7-13(8-6-12)27(24,25)20-9-3-4-14(20)17(23)26-11-16(22)19-10-15(21)18-2/h5-8,14H,3-4,9-11H2,1-2H3,(H,18,21)(H,19,22)/t14-/m0/s1. The number of rotatable bonds is 7. The molecule has 27 heavy (non-hydrogen) atoms. The highest BCUT2D eigenvalue weighted by atomic mass is 32.2. The number of esters is 1. The largest absolute Gasteiger partial charge is 0.454 e. The fraction of sp³-hybridized carbons (Fsp3) is 0.471. The maximum absolute atomic E-state index is 12.8. The van der Waals surface area contributed by atoms with E-state index < -0.39 is 34.5 Å². The van der Waals surface area contributed by atoms with E-state index in [9.17, 15) is 22.8 Å². The Morgan fingerprint density at radius 3 is 2.48 bits per heavy atom. The summed E-state index contributed by atoms with van der Waals surface area (Å²) in [6, 6.07) is 5.40. The van der Waals surface area contributed by atoms with Crippen molar-refractivity contribution in [1.82, 2.24) is 14.9 Å². The fourth-order valence-corrected chi connectivity index (χ4v) is 4.31. The van der Waals surface area contributed by atoms with Gasteiger partial charge < -0.3 is 15.4 Å². The van der Waals surface area contributed by atoms with Gasteiger partial charge in [0.2, 0.25) is 15.9 Å². The van der Waals surface area contributed by atoms with E-state index in [1.54, 1.807) is 12.1 Å². The molecule has 0 unspecified atom stereocenters. The van der Waals surface area contributed by atoms with Crippen LogP contribution >= 0.6 is 0 Å². The first-order chi connectivity index (χ1) is 12.8. The highest BCUT2D eigenvalue weighted by Crippen LogP contribution is 2.27. The maximum atomic E-state index is 12.8. The Labute approximate surface area is 158 Å². The second-order valence-electron chi connectivity index (χ2n) is 6.14. The molecule has 2 N–H and O–H groups in total. The predicted octanol–water partition coefficient (Wildman–Crippen LogP) is -0.446. The summed E-state index contributed by atoms with van der Waals surface area (Å²) in [6.07, 6.45) is 0.845. The molecule has 0 saturated carbocycles. The number of carbonyl (C=O) groups is 3. The number of nitrogens with one attached hydrogen (secondary N) is 2. The minimum Gasteiger partial charge on any atom is -0.454 e. The summed E-state index contributed by atoms with van der Waals surface area (Å²) in [5.41, 5.74) is 0.925. The Hall–Kier alpha value is -2.46. The van der Waals surface area contributed by atoms with Crippen molar-refractivity contribution in [2.75, 3.05) is 26.7 Å². The average molecular weight is 397 g/mol. The van der Waals surface area contributed by atoms with Gasteiger partial charge in [-0.3, -0.25) is 14.4 Å². The average Bonchev–Trinajstić information content (AvgIpc) is 3.15. The van der Waals surface area contributed by atoms with Crippen LogP contribution in [0.2, 0.25) is 0 Å². The van der Waals surface area contributed by atoms with E-state index >= 15 is 0 Å². The van der Waals surface area contributed by atoms with Gasteiger partial charge in [-0.05, 0) is 31.9 Å². The van der Waals surface area contributed by atoms with Gasteiger partial charge in [0, 0.05) is 13.6 Å². The first kappa shape index (κ1) is 20.8. The zero-order chi connectivity index (χ0) is 20.0. The van der Waals surface area contributed by atoms with Crippen LogP contribution in [-0.4, -0.2) is 63.3 Å². The molecule has 0 radical (unpaired) electrons. The molecule has 1 aliphatic heterocycles. The van der Waals surface area contributed by atoms with Gasteiger partial charge in [-0.25, -0.2) is 8.42 Å². The van der Waals surface area contributed by atoms with E-state index in [4.69, 9.17) is 4.74 Å². The van der Waals surface area contributed by atoms with Crippen LogP contribution in [0.15, 0.2) is 29.2 Å². The van der Waals surface area contributed by atoms with Gasteiger partial charge in [0.25, 0.3) is 5.91 Å². The van der Waals surface area contributed by atoms with E-state index in [2.05, 4.69) is 10.6 Å². The number of benzene rings is 1. The Balaban J connectivity index is 1.98. The molecule has 1 aromatic rings. The third-order valence-corrected chi connectivity index (χ3v) is 6.10. The van der Waals surface area contributed by atoms with Crippen LogP contribution in [0.5, 0.6) is 0 Å². The summed E-state index contributed by atoms with van der Waals surface area (Å²) >= 11 is 0. The molecule has 10 heteroatoms. The first-order valence-electron chi connectivity index (χ1n) is 8.48. The summed E-state index contributed by atoms with van der Waals surface area (Å²) in [4.78, 5) is 35.1. The molecule has 0 aliphatic carbocycles. The first-order valence-corrected chi connectivity index (χ1v) is 9.92. The van der Waals surface area contributed by atoms with Crippen LogP contribution < -0.4 is 10.6 Å². The number of hydrogen-bond acceptors (Lipinski definition) is 6. The van der Waals surface area contributed by atoms with Crippen LogP contribution in [0.4, 0.5) is 0 Å².